The molecule has 1 amide bonds. The first-order chi connectivity index (χ1) is 14.6. The van der Waals surface area contributed by atoms with E-state index in [1.165, 1.54) is 31.2 Å². The van der Waals surface area contributed by atoms with Gasteiger partial charge in [-0.1, -0.05) is 25.0 Å². The molecule has 2 fully saturated rings. The van der Waals surface area contributed by atoms with E-state index in [9.17, 15) is 4.79 Å². The second kappa shape index (κ2) is 11.2. The summed E-state index contributed by atoms with van der Waals surface area (Å²) in [6.07, 6.45) is 7.32. The number of guanidine groups is 1. The molecule has 2 N–H and O–H groups in total. The van der Waals surface area contributed by atoms with Crippen molar-refractivity contribution in [3.05, 3.63) is 29.8 Å². The van der Waals surface area contributed by atoms with Crippen molar-refractivity contribution in [2.24, 2.45) is 4.99 Å². The molecule has 166 valence electrons. The second-order valence-electron chi connectivity index (χ2n) is 8.49. The molecule has 1 atom stereocenters. The SMILES string of the molecule is COc1ccc(C(CNC(=NCC(=O)N(C)C)NC2CCCC2)N2CCCC2)cc1. The van der Waals surface area contributed by atoms with E-state index in [0.717, 1.165) is 44.2 Å². The summed E-state index contributed by atoms with van der Waals surface area (Å²) in [6.45, 7) is 3.13. The molecule has 1 aromatic carbocycles. The highest BCUT2D eigenvalue weighted by molar-refractivity contribution is 5.85. The molecular weight excluding hydrogens is 378 g/mol. The topological polar surface area (TPSA) is 69.2 Å². The average Bonchev–Trinajstić information content (AvgIpc) is 3.46. The Morgan fingerprint density at radius 3 is 2.43 bits per heavy atom. The van der Waals surface area contributed by atoms with Crippen molar-refractivity contribution in [3.63, 3.8) is 0 Å². The minimum absolute atomic E-state index is 0.00812. The highest BCUT2D eigenvalue weighted by Gasteiger charge is 2.24. The summed E-state index contributed by atoms with van der Waals surface area (Å²) in [5.74, 6) is 1.63. The number of amides is 1. The first-order valence-corrected chi connectivity index (χ1v) is 11.2. The predicted molar refractivity (Wildman–Crippen MR) is 121 cm³/mol. The maximum Gasteiger partial charge on any atom is 0.243 e. The van der Waals surface area contributed by atoms with Crippen LogP contribution < -0.4 is 15.4 Å². The molecule has 30 heavy (non-hydrogen) atoms. The lowest BCUT2D eigenvalue weighted by molar-refractivity contribution is -0.127. The van der Waals surface area contributed by atoms with Crippen LogP contribution in [-0.4, -0.2) is 75.1 Å². The van der Waals surface area contributed by atoms with Crippen LogP contribution in [0.5, 0.6) is 5.75 Å². The molecule has 3 rings (SSSR count). The molecular formula is C23H37N5O2. The largest absolute Gasteiger partial charge is 0.497 e. The summed E-state index contributed by atoms with van der Waals surface area (Å²) in [6, 6.07) is 9.07. The molecule has 0 aromatic heterocycles. The smallest absolute Gasteiger partial charge is 0.243 e. The number of nitrogens with zero attached hydrogens (tertiary/aromatic N) is 3. The number of rotatable bonds is 8. The lowest BCUT2D eigenvalue weighted by atomic mass is 10.1. The molecule has 1 unspecified atom stereocenters. The maximum absolute atomic E-state index is 12.1. The normalized spacial score (nSPS) is 19.0. The van der Waals surface area contributed by atoms with Gasteiger partial charge in [0.1, 0.15) is 12.3 Å². The zero-order valence-electron chi connectivity index (χ0n) is 18.7. The van der Waals surface area contributed by atoms with Crippen molar-refractivity contribution < 1.29 is 9.53 Å². The van der Waals surface area contributed by atoms with Crippen molar-refractivity contribution in [1.29, 1.82) is 0 Å². The van der Waals surface area contributed by atoms with E-state index < -0.39 is 0 Å². The number of carbonyl (C=O) groups is 1. The summed E-state index contributed by atoms with van der Waals surface area (Å²) in [5.41, 5.74) is 1.27. The third kappa shape index (κ3) is 6.36. The van der Waals surface area contributed by atoms with Crippen LogP contribution in [0.2, 0.25) is 0 Å². The van der Waals surface area contributed by atoms with Gasteiger partial charge >= 0.3 is 0 Å². The summed E-state index contributed by atoms with van der Waals surface area (Å²) < 4.78 is 5.33. The number of methoxy groups -OCH3 is 1. The Bertz CT molecular complexity index is 692. The molecule has 1 saturated carbocycles. The second-order valence-corrected chi connectivity index (χ2v) is 8.49. The number of likely N-dealkylation sites (tertiary alicyclic amines) is 1. The lowest BCUT2D eigenvalue weighted by Gasteiger charge is -2.29. The molecule has 0 bridgehead atoms. The molecule has 1 saturated heterocycles. The van der Waals surface area contributed by atoms with Crippen LogP contribution in [0, 0.1) is 0 Å². The van der Waals surface area contributed by atoms with Crippen LogP contribution in [0.25, 0.3) is 0 Å². The summed E-state index contributed by atoms with van der Waals surface area (Å²) in [5, 5.41) is 7.10. The fraction of sp³-hybridized carbons (Fsp3) is 0.652. The van der Waals surface area contributed by atoms with E-state index in [0.29, 0.717) is 6.04 Å². The van der Waals surface area contributed by atoms with E-state index >= 15 is 0 Å². The summed E-state index contributed by atoms with van der Waals surface area (Å²) in [4.78, 5) is 20.8. The molecule has 7 heteroatoms. The Morgan fingerprint density at radius 1 is 1.17 bits per heavy atom. The Balaban J connectivity index is 1.70. The summed E-state index contributed by atoms with van der Waals surface area (Å²) in [7, 11) is 5.23. The predicted octanol–water partition coefficient (Wildman–Crippen LogP) is 2.40. The molecule has 0 spiro atoms. The molecule has 0 radical (unpaired) electrons. The molecule has 1 aliphatic heterocycles. The van der Waals surface area contributed by atoms with Gasteiger partial charge in [-0.2, -0.15) is 0 Å². The molecule has 2 aliphatic rings. The number of hydrogen-bond donors (Lipinski definition) is 2. The fourth-order valence-corrected chi connectivity index (χ4v) is 4.23. The van der Waals surface area contributed by atoms with Gasteiger partial charge in [0.25, 0.3) is 0 Å². The van der Waals surface area contributed by atoms with Crippen molar-refractivity contribution >= 4 is 11.9 Å². The quantitative estimate of drug-likeness (QED) is 0.504. The highest BCUT2D eigenvalue weighted by atomic mass is 16.5. The minimum Gasteiger partial charge on any atom is -0.497 e. The van der Waals surface area contributed by atoms with E-state index in [1.54, 1.807) is 26.1 Å². The van der Waals surface area contributed by atoms with E-state index in [2.05, 4.69) is 32.7 Å². The van der Waals surface area contributed by atoms with Gasteiger partial charge in [-0.25, -0.2) is 4.99 Å². The standard InChI is InChI=1S/C23H37N5O2/c1-27(2)22(29)17-25-23(26-19-8-4-5-9-19)24-16-21(28-14-6-7-15-28)18-10-12-20(30-3)13-11-18/h10-13,19,21H,4-9,14-17H2,1-3H3,(H2,24,25,26). The number of ether oxygens (including phenoxy) is 1. The van der Waals surface area contributed by atoms with Crippen LogP contribution in [0.3, 0.4) is 0 Å². The lowest BCUT2D eigenvalue weighted by Crippen LogP contribution is -2.46. The number of hydrogen-bond acceptors (Lipinski definition) is 4. The minimum atomic E-state index is 0.00812. The Hall–Kier alpha value is -2.28. The Morgan fingerprint density at radius 2 is 1.83 bits per heavy atom. The molecule has 1 heterocycles. The van der Waals surface area contributed by atoms with Gasteiger partial charge < -0.3 is 20.3 Å². The zero-order valence-corrected chi connectivity index (χ0v) is 18.7. The molecule has 1 aromatic rings. The van der Waals surface area contributed by atoms with Gasteiger partial charge in [-0.3, -0.25) is 9.69 Å². The monoisotopic (exact) mass is 415 g/mol. The molecule has 1 aliphatic carbocycles. The van der Waals surface area contributed by atoms with Crippen LogP contribution in [-0.2, 0) is 4.79 Å². The Kier molecular flexibility index (Phi) is 8.37. The van der Waals surface area contributed by atoms with Gasteiger partial charge in [-0.15, -0.1) is 0 Å². The van der Waals surface area contributed by atoms with E-state index in [4.69, 9.17) is 4.74 Å². The first-order valence-electron chi connectivity index (χ1n) is 11.2. The molecule has 7 nitrogen and oxygen atoms in total. The third-order valence-electron chi connectivity index (χ3n) is 6.11. The zero-order chi connectivity index (χ0) is 21.3. The fourth-order valence-electron chi connectivity index (χ4n) is 4.23. The van der Waals surface area contributed by atoms with Crippen molar-refractivity contribution in [2.45, 2.75) is 50.6 Å². The van der Waals surface area contributed by atoms with Crippen LogP contribution >= 0.6 is 0 Å². The van der Waals surface area contributed by atoms with Crippen LogP contribution in [0.15, 0.2) is 29.3 Å². The van der Waals surface area contributed by atoms with Gasteiger partial charge in [-0.05, 0) is 56.5 Å². The first kappa shape index (κ1) is 22.4. The number of nitrogens with one attached hydrogen (secondary N) is 2. The average molecular weight is 416 g/mol. The Labute approximate surface area is 180 Å². The number of aliphatic imine (C=N–C) groups is 1. The summed E-state index contributed by atoms with van der Waals surface area (Å²) >= 11 is 0. The van der Waals surface area contributed by atoms with Gasteiger partial charge in [0, 0.05) is 26.7 Å². The van der Waals surface area contributed by atoms with Crippen molar-refractivity contribution in [3.8, 4) is 5.75 Å². The number of benzene rings is 1. The van der Waals surface area contributed by atoms with E-state index in [1.807, 2.05) is 12.1 Å². The van der Waals surface area contributed by atoms with Gasteiger partial charge in [0.15, 0.2) is 5.96 Å². The number of carbonyl (C=O) groups excluding carboxylic acids is 1. The van der Waals surface area contributed by atoms with Crippen LogP contribution in [0.4, 0.5) is 0 Å². The van der Waals surface area contributed by atoms with Crippen molar-refractivity contribution in [2.75, 3.05) is 47.4 Å². The maximum atomic E-state index is 12.1. The van der Waals surface area contributed by atoms with Gasteiger partial charge in [0.2, 0.25) is 5.91 Å². The third-order valence-corrected chi connectivity index (χ3v) is 6.11. The number of likely N-dealkylation sites (N-methyl/N-ethyl adjacent to an activating group) is 1. The van der Waals surface area contributed by atoms with Crippen LogP contribution in [0.1, 0.15) is 50.1 Å². The van der Waals surface area contributed by atoms with Crippen molar-refractivity contribution in [1.82, 2.24) is 20.4 Å². The van der Waals surface area contributed by atoms with E-state index in [-0.39, 0.29) is 18.5 Å². The highest BCUT2D eigenvalue weighted by Crippen LogP contribution is 2.26. The van der Waals surface area contributed by atoms with Gasteiger partial charge in [0.05, 0.1) is 13.2 Å².